The summed E-state index contributed by atoms with van der Waals surface area (Å²) in [6.07, 6.45) is 0. The van der Waals surface area contributed by atoms with E-state index in [0.717, 1.165) is 10.0 Å². The molecule has 0 aliphatic carbocycles. The number of carboxylic acid groups (broad SMARTS) is 1. The summed E-state index contributed by atoms with van der Waals surface area (Å²) in [5.74, 6) is -0.820. The molecule has 0 bridgehead atoms. The van der Waals surface area contributed by atoms with Gasteiger partial charge in [-0.25, -0.2) is 0 Å². The molecule has 1 saturated heterocycles. The molecule has 1 aromatic rings. The summed E-state index contributed by atoms with van der Waals surface area (Å²) in [7, 11) is 0. The Hall–Kier alpha value is -0.910. The Morgan fingerprint density at radius 1 is 1.59 bits per heavy atom. The molecular weight excluding hydrogens is 286 g/mol. The lowest BCUT2D eigenvalue weighted by atomic mass is 10.1. The molecule has 1 aliphatic rings. The van der Waals surface area contributed by atoms with Crippen molar-refractivity contribution in [2.24, 2.45) is 0 Å². The Kier molecular flexibility index (Phi) is 4.15. The molecule has 0 aromatic heterocycles. The van der Waals surface area contributed by atoms with Gasteiger partial charge in [0.05, 0.1) is 13.2 Å². The fourth-order valence-electron chi connectivity index (χ4n) is 1.92. The Labute approximate surface area is 108 Å². The standard InChI is InChI=1S/C12H14BrNO3/c13-10-3-1-2-9(6-10)7-14-4-5-17-8-11(14)12(15)16/h1-3,6,11H,4-5,7-8H2,(H,15,16). The zero-order chi connectivity index (χ0) is 12.3. The number of rotatable bonds is 3. The van der Waals surface area contributed by atoms with Crippen molar-refractivity contribution >= 4 is 21.9 Å². The average molecular weight is 300 g/mol. The van der Waals surface area contributed by atoms with E-state index in [1.165, 1.54) is 0 Å². The normalized spacial score (nSPS) is 21.4. The van der Waals surface area contributed by atoms with Crippen molar-refractivity contribution in [1.29, 1.82) is 0 Å². The second kappa shape index (κ2) is 5.62. The van der Waals surface area contributed by atoms with Gasteiger partial charge in [0, 0.05) is 17.6 Å². The molecule has 1 atom stereocenters. The fraction of sp³-hybridized carbons (Fsp3) is 0.417. The van der Waals surface area contributed by atoms with Gasteiger partial charge in [0.2, 0.25) is 0 Å². The quantitative estimate of drug-likeness (QED) is 0.923. The van der Waals surface area contributed by atoms with Crippen LogP contribution in [-0.4, -0.2) is 41.8 Å². The molecule has 1 aliphatic heterocycles. The van der Waals surface area contributed by atoms with Gasteiger partial charge in [-0.2, -0.15) is 0 Å². The third-order valence-electron chi connectivity index (χ3n) is 2.80. The molecule has 1 N–H and O–H groups in total. The number of aliphatic carboxylic acids is 1. The molecule has 92 valence electrons. The molecule has 5 heteroatoms. The predicted molar refractivity (Wildman–Crippen MR) is 66.8 cm³/mol. The molecule has 1 unspecified atom stereocenters. The molecule has 1 heterocycles. The van der Waals surface area contributed by atoms with Gasteiger partial charge in [-0.15, -0.1) is 0 Å². The number of morpholine rings is 1. The highest BCUT2D eigenvalue weighted by Gasteiger charge is 2.28. The van der Waals surface area contributed by atoms with Crippen LogP contribution in [0.4, 0.5) is 0 Å². The molecule has 0 radical (unpaired) electrons. The summed E-state index contributed by atoms with van der Waals surface area (Å²) in [6, 6.07) is 7.38. The molecule has 1 aromatic carbocycles. The van der Waals surface area contributed by atoms with Gasteiger partial charge in [-0.3, -0.25) is 9.69 Å². The summed E-state index contributed by atoms with van der Waals surface area (Å²) < 4.78 is 6.21. The summed E-state index contributed by atoms with van der Waals surface area (Å²) in [6.45, 7) is 2.16. The molecule has 0 amide bonds. The zero-order valence-corrected chi connectivity index (χ0v) is 10.9. The smallest absolute Gasteiger partial charge is 0.323 e. The first-order valence-electron chi connectivity index (χ1n) is 5.46. The van der Waals surface area contributed by atoms with Crippen LogP contribution in [0.25, 0.3) is 0 Å². The number of carboxylic acids is 1. The minimum atomic E-state index is -0.820. The van der Waals surface area contributed by atoms with Crippen molar-refractivity contribution in [3.8, 4) is 0 Å². The van der Waals surface area contributed by atoms with E-state index in [-0.39, 0.29) is 6.61 Å². The van der Waals surface area contributed by atoms with Crippen molar-refractivity contribution in [2.45, 2.75) is 12.6 Å². The molecule has 1 fully saturated rings. The number of benzene rings is 1. The highest BCUT2D eigenvalue weighted by Crippen LogP contribution is 2.16. The fourth-order valence-corrected chi connectivity index (χ4v) is 2.37. The minimum Gasteiger partial charge on any atom is -0.480 e. The van der Waals surface area contributed by atoms with Gasteiger partial charge in [-0.05, 0) is 17.7 Å². The largest absolute Gasteiger partial charge is 0.480 e. The van der Waals surface area contributed by atoms with E-state index < -0.39 is 12.0 Å². The van der Waals surface area contributed by atoms with E-state index in [4.69, 9.17) is 9.84 Å². The van der Waals surface area contributed by atoms with Crippen LogP contribution >= 0.6 is 15.9 Å². The summed E-state index contributed by atoms with van der Waals surface area (Å²) in [5.41, 5.74) is 1.10. The number of hydrogen-bond donors (Lipinski definition) is 1. The highest BCUT2D eigenvalue weighted by molar-refractivity contribution is 9.10. The van der Waals surface area contributed by atoms with Gasteiger partial charge in [0.25, 0.3) is 0 Å². The maximum absolute atomic E-state index is 11.1. The summed E-state index contributed by atoms with van der Waals surface area (Å²) in [4.78, 5) is 13.0. The first kappa shape index (κ1) is 12.5. The third-order valence-corrected chi connectivity index (χ3v) is 3.29. The predicted octanol–water partition coefficient (Wildman–Crippen LogP) is 1.73. The maximum atomic E-state index is 11.1. The van der Waals surface area contributed by atoms with Crippen LogP contribution in [0.2, 0.25) is 0 Å². The van der Waals surface area contributed by atoms with E-state index in [9.17, 15) is 4.79 Å². The van der Waals surface area contributed by atoms with E-state index in [1.807, 2.05) is 29.2 Å². The van der Waals surface area contributed by atoms with Crippen molar-refractivity contribution < 1.29 is 14.6 Å². The van der Waals surface area contributed by atoms with Crippen LogP contribution in [-0.2, 0) is 16.1 Å². The Morgan fingerprint density at radius 3 is 3.12 bits per heavy atom. The average Bonchev–Trinajstić information content (AvgIpc) is 2.29. The van der Waals surface area contributed by atoms with Crippen molar-refractivity contribution in [3.05, 3.63) is 34.3 Å². The number of carbonyl (C=O) groups is 1. The van der Waals surface area contributed by atoms with Crippen LogP contribution < -0.4 is 0 Å². The van der Waals surface area contributed by atoms with Gasteiger partial charge >= 0.3 is 5.97 Å². The van der Waals surface area contributed by atoms with Crippen molar-refractivity contribution in [1.82, 2.24) is 4.90 Å². The van der Waals surface area contributed by atoms with Crippen molar-refractivity contribution in [3.63, 3.8) is 0 Å². The third kappa shape index (κ3) is 3.28. The first-order chi connectivity index (χ1) is 8.16. The Balaban J connectivity index is 2.08. The van der Waals surface area contributed by atoms with Gasteiger partial charge in [-0.1, -0.05) is 28.1 Å². The Morgan fingerprint density at radius 2 is 2.41 bits per heavy atom. The topological polar surface area (TPSA) is 49.8 Å². The van der Waals surface area contributed by atoms with Crippen LogP contribution in [0.3, 0.4) is 0 Å². The van der Waals surface area contributed by atoms with Crippen LogP contribution in [0.15, 0.2) is 28.7 Å². The maximum Gasteiger partial charge on any atom is 0.323 e. The molecule has 0 spiro atoms. The van der Waals surface area contributed by atoms with E-state index >= 15 is 0 Å². The molecule has 0 saturated carbocycles. The molecule has 17 heavy (non-hydrogen) atoms. The van der Waals surface area contributed by atoms with E-state index in [2.05, 4.69) is 15.9 Å². The number of halogens is 1. The SMILES string of the molecule is O=C(O)C1COCCN1Cc1cccc(Br)c1. The lowest BCUT2D eigenvalue weighted by Gasteiger charge is -2.32. The lowest BCUT2D eigenvalue weighted by molar-refractivity contribution is -0.150. The van der Waals surface area contributed by atoms with E-state index in [0.29, 0.717) is 19.7 Å². The van der Waals surface area contributed by atoms with Crippen molar-refractivity contribution in [2.75, 3.05) is 19.8 Å². The van der Waals surface area contributed by atoms with E-state index in [1.54, 1.807) is 0 Å². The monoisotopic (exact) mass is 299 g/mol. The summed E-state index contributed by atoms with van der Waals surface area (Å²) in [5, 5.41) is 9.11. The highest BCUT2D eigenvalue weighted by atomic mass is 79.9. The van der Waals surface area contributed by atoms with Crippen LogP contribution in [0, 0.1) is 0 Å². The second-order valence-corrected chi connectivity index (χ2v) is 4.95. The zero-order valence-electron chi connectivity index (χ0n) is 9.30. The van der Waals surface area contributed by atoms with Gasteiger partial charge < -0.3 is 9.84 Å². The first-order valence-corrected chi connectivity index (χ1v) is 6.25. The van der Waals surface area contributed by atoms with Gasteiger partial charge in [0.1, 0.15) is 6.04 Å². The summed E-state index contributed by atoms with van der Waals surface area (Å²) >= 11 is 3.41. The van der Waals surface area contributed by atoms with Crippen LogP contribution in [0.1, 0.15) is 5.56 Å². The lowest BCUT2D eigenvalue weighted by Crippen LogP contribution is -2.49. The number of hydrogen-bond acceptors (Lipinski definition) is 3. The Bertz CT molecular complexity index is 410. The van der Waals surface area contributed by atoms with Gasteiger partial charge in [0.15, 0.2) is 0 Å². The molecule has 4 nitrogen and oxygen atoms in total. The number of nitrogens with zero attached hydrogens (tertiary/aromatic N) is 1. The minimum absolute atomic E-state index is 0.267. The van der Waals surface area contributed by atoms with Crippen LogP contribution in [0.5, 0.6) is 0 Å². The number of ether oxygens (including phenoxy) is 1. The molecular formula is C12H14BrNO3. The molecule has 2 rings (SSSR count). The second-order valence-electron chi connectivity index (χ2n) is 4.03.